The van der Waals surface area contributed by atoms with Crippen LogP contribution in [0.4, 0.5) is 4.39 Å². The standard InChI is InChI=1S/C15H16BFO2/c1-2-3-11-4-6-12(7-5-11)14-9-8-13(16(18)19)10-15(14)17/h4-10,18-19H,2-3H2,1H3. The third kappa shape index (κ3) is 3.22. The van der Waals surface area contributed by atoms with E-state index in [1.807, 2.05) is 24.3 Å². The van der Waals surface area contributed by atoms with Crippen molar-refractivity contribution in [1.82, 2.24) is 0 Å². The second kappa shape index (κ2) is 6.00. The highest BCUT2D eigenvalue weighted by Crippen LogP contribution is 2.22. The van der Waals surface area contributed by atoms with Crippen LogP contribution in [0.5, 0.6) is 0 Å². The molecule has 0 aliphatic heterocycles. The van der Waals surface area contributed by atoms with E-state index in [4.69, 9.17) is 10.0 Å². The maximum atomic E-state index is 13.9. The van der Waals surface area contributed by atoms with Crippen molar-refractivity contribution >= 4 is 12.6 Å². The summed E-state index contributed by atoms with van der Waals surface area (Å²) in [6, 6.07) is 12.0. The van der Waals surface area contributed by atoms with Crippen LogP contribution in [-0.2, 0) is 6.42 Å². The Morgan fingerprint density at radius 1 is 1.05 bits per heavy atom. The fraction of sp³-hybridized carbons (Fsp3) is 0.200. The lowest BCUT2D eigenvalue weighted by Crippen LogP contribution is -2.29. The van der Waals surface area contributed by atoms with Crippen LogP contribution in [0.3, 0.4) is 0 Å². The van der Waals surface area contributed by atoms with Crippen molar-refractivity contribution in [2.45, 2.75) is 19.8 Å². The molecule has 0 aromatic heterocycles. The minimum Gasteiger partial charge on any atom is -0.423 e. The number of aryl methyl sites for hydroxylation is 1. The van der Waals surface area contributed by atoms with E-state index in [1.54, 1.807) is 6.07 Å². The van der Waals surface area contributed by atoms with Gasteiger partial charge in [0.05, 0.1) is 0 Å². The molecule has 0 aliphatic rings. The van der Waals surface area contributed by atoms with Gasteiger partial charge in [-0.1, -0.05) is 49.7 Å². The van der Waals surface area contributed by atoms with Gasteiger partial charge in [0, 0.05) is 5.56 Å². The molecule has 0 aliphatic carbocycles. The van der Waals surface area contributed by atoms with Crippen LogP contribution in [0.15, 0.2) is 42.5 Å². The zero-order chi connectivity index (χ0) is 13.8. The highest BCUT2D eigenvalue weighted by atomic mass is 19.1. The van der Waals surface area contributed by atoms with Crippen molar-refractivity contribution in [3.05, 3.63) is 53.8 Å². The Morgan fingerprint density at radius 3 is 2.26 bits per heavy atom. The van der Waals surface area contributed by atoms with E-state index in [0.29, 0.717) is 5.56 Å². The molecule has 0 spiro atoms. The summed E-state index contributed by atoms with van der Waals surface area (Å²) in [5.41, 5.74) is 2.64. The van der Waals surface area contributed by atoms with Crippen LogP contribution in [0, 0.1) is 5.82 Å². The summed E-state index contributed by atoms with van der Waals surface area (Å²) >= 11 is 0. The predicted molar refractivity (Wildman–Crippen MR) is 75.7 cm³/mol. The zero-order valence-electron chi connectivity index (χ0n) is 10.8. The highest BCUT2D eigenvalue weighted by molar-refractivity contribution is 6.58. The van der Waals surface area contributed by atoms with Crippen molar-refractivity contribution in [1.29, 1.82) is 0 Å². The number of hydrogen-bond acceptors (Lipinski definition) is 2. The van der Waals surface area contributed by atoms with Gasteiger partial charge in [0.25, 0.3) is 0 Å². The average molecular weight is 258 g/mol. The molecule has 2 aromatic rings. The van der Waals surface area contributed by atoms with Gasteiger partial charge in [-0.15, -0.1) is 0 Å². The first-order chi connectivity index (χ1) is 9.11. The van der Waals surface area contributed by atoms with Crippen molar-refractivity contribution < 1.29 is 14.4 Å². The van der Waals surface area contributed by atoms with E-state index in [2.05, 4.69) is 6.92 Å². The molecule has 0 fully saturated rings. The molecule has 98 valence electrons. The van der Waals surface area contributed by atoms with Crippen LogP contribution in [-0.4, -0.2) is 17.2 Å². The predicted octanol–water partition coefficient (Wildman–Crippen LogP) is 2.12. The lowest BCUT2D eigenvalue weighted by molar-refractivity contribution is 0.425. The molecule has 0 saturated heterocycles. The first-order valence-electron chi connectivity index (χ1n) is 6.36. The number of hydrogen-bond donors (Lipinski definition) is 2. The second-order valence-corrected chi connectivity index (χ2v) is 4.56. The Kier molecular flexibility index (Phi) is 4.35. The molecule has 0 unspecified atom stereocenters. The third-order valence-corrected chi connectivity index (χ3v) is 3.09. The summed E-state index contributed by atoms with van der Waals surface area (Å²) in [6.45, 7) is 2.12. The molecule has 0 heterocycles. The Balaban J connectivity index is 2.31. The van der Waals surface area contributed by atoms with Gasteiger partial charge >= 0.3 is 7.12 Å². The molecule has 0 bridgehead atoms. The smallest absolute Gasteiger partial charge is 0.423 e. The fourth-order valence-electron chi connectivity index (χ4n) is 2.07. The highest BCUT2D eigenvalue weighted by Gasteiger charge is 2.14. The molecule has 2 N–H and O–H groups in total. The summed E-state index contributed by atoms with van der Waals surface area (Å²) in [5, 5.41) is 18.0. The third-order valence-electron chi connectivity index (χ3n) is 3.09. The molecule has 2 rings (SSSR count). The summed E-state index contributed by atoms with van der Waals surface area (Å²) in [4.78, 5) is 0. The Morgan fingerprint density at radius 2 is 1.74 bits per heavy atom. The van der Waals surface area contributed by atoms with Gasteiger partial charge in [0.15, 0.2) is 0 Å². The van der Waals surface area contributed by atoms with E-state index < -0.39 is 12.9 Å². The fourth-order valence-corrected chi connectivity index (χ4v) is 2.07. The quantitative estimate of drug-likeness (QED) is 0.825. The maximum absolute atomic E-state index is 13.9. The lowest BCUT2D eigenvalue weighted by atomic mass is 9.79. The van der Waals surface area contributed by atoms with Gasteiger partial charge in [-0.2, -0.15) is 0 Å². The van der Waals surface area contributed by atoms with Crippen molar-refractivity contribution in [3.8, 4) is 11.1 Å². The van der Waals surface area contributed by atoms with Crippen LogP contribution in [0.1, 0.15) is 18.9 Å². The normalized spacial score (nSPS) is 10.5. The van der Waals surface area contributed by atoms with Crippen LogP contribution >= 0.6 is 0 Å². The first kappa shape index (κ1) is 13.8. The summed E-state index contributed by atoms with van der Waals surface area (Å²) in [7, 11) is -1.64. The van der Waals surface area contributed by atoms with Crippen molar-refractivity contribution in [2.24, 2.45) is 0 Å². The van der Waals surface area contributed by atoms with Gasteiger partial charge in [-0.3, -0.25) is 0 Å². The molecule has 2 aromatic carbocycles. The molecule has 4 heteroatoms. The van der Waals surface area contributed by atoms with Gasteiger partial charge in [-0.25, -0.2) is 4.39 Å². The SMILES string of the molecule is CCCc1ccc(-c2ccc(B(O)O)cc2F)cc1. The molecular formula is C15H16BFO2. The summed E-state index contributed by atoms with van der Waals surface area (Å²) < 4.78 is 13.9. The van der Waals surface area contributed by atoms with Crippen molar-refractivity contribution in [3.63, 3.8) is 0 Å². The minimum atomic E-state index is -1.64. The average Bonchev–Trinajstić information content (AvgIpc) is 2.40. The van der Waals surface area contributed by atoms with Gasteiger partial charge < -0.3 is 10.0 Å². The van der Waals surface area contributed by atoms with Gasteiger partial charge in [0.1, 0.15) is 5.82 Å². The lowest BCUT2D eigenvalue weighted by Gasteiger charge is -2.07. The van der Waals surface area contributed by atoms with E-state index in [0.717, 1.165) is 24.5 Å². The summed E-state index contributed by atoms with van der Waals surface area (Å²) in [5.74, 6) is -0.450. The van der Waals surface area contributed by atoms with E-state index >= 15 is 0 Å². The van der Waals surface area contributed by atoms with E-state index in [1.165, 1.54) is 11.6 Å². The molecule has 19 heavy (non-hydrogen) atoms. The number of halogens is 1. The topological polar surface area (TPSA) is 40.5 Å². The Hall–Kier alpha value is -1.65. The monoisotopic (exact) mass is 258 g/mol. The molecule has 0 atom stereocenters. The first-order valence-corrected chi connectivity index (χ1v) is 6.36. The van der Waals surface area contributed by atoms with Crippen LogP contribution in [0.2, 0.25) is 0 Å². The van der Waals surface area contributed by atoms with Crippen molar-refractivity contribution in [2.75, 3.05) is 0 Å². The number of rotatable bonds is 4. The van der Waals surface area contributed by atoms with Crippen LogP contribution in [0.25, 0.3) is 11.1 Å². The second-order valence-electron chi connectivity index (χ2n) is 4.56. The Bertz CT molecular complexity index is 553. The number of benzene rings is 2. The molecule has 0 saturated carbocycles. The van der Waals surface area contributed by atoms with E-state index in [-0.39, 0.29) is 5.46 Å². The van der Waals surface area contributed by atoms with Gasteiger partial charge in [0.2, 0.25) is 0 Å². The van der Waals surface area contributed by atoms with E-state index in [9.17, 15) is 4.39 Å². The minimum absolute atomic E-state index is 0.156. The summed E-state index contributed by atoms with van der Waals surface area (Å²) in [6.07, 6.45) is 2.09. The van der Waals surface area contributed by atoms with Gasteiger partial charge in [-0.05, 0) is 29.1 Å². The van der Waals surface area contributed by atoms with Crippen LogP contribution < -0.4 is 5.46 Å². The maximum Gasteiger partial charge on any atom is 0.488 e. The largest absolute Gasteiger partial charge is 0.488 e. The zero-order valence-corrected chi connectivity index (χ0v) is 10.8. The molecular weight excluding hydrogens is 242 g/mol. The molecule has 0 radical (unpaired) electrons. The molecule has 0 amide bonds. The Labute approximate surface area is 112 Å². The molecule has 2 nitrogen and oxygen atoms in total.